The van der Waals surface area contributed by atoms with Crippen molar-refractivity contribution in [3.63, 3.8) is 0 Å². The van der Waals surface area contributed by atoms with E-state index in [1.807, 2.05) is 6.07 Å². The van der Waals surface area contributed by atoms with Crippen LogP contribution >= 0.6 is 0 Å². The lowest BCUT2D eigenvalue weighted by atomic mass is 10.2. The molecule has 2 aromatic rings. The molecule has 0 aliphatic heterocycles. The number of nitro benzene ring substituents is 1. The van der Waals surface area contributed by atoms with Crippen molar-refractivity contribution in [2.45, 2.75) is 13.3 Å². The van der Waals surface area contributed by atoms with Crippen molar-refractivity contribution in [1.82, 2.24) is 5.43 Å². The summed E-state index contributed by atoms with van der Waals surface area (Å²) in [5.41, 5.74) is 3.07. The second kappa shape index (κ2) is 9.66. The van der Waals surface area contributed by atoms with E-state index in [9.17, 15) is 19.7 Å². The summed E-state index contributed by atoms with van der Waals surface area (Å²) < 4.78 is 5.15. The Labute approximate surface area is 155 Å². The molecule has 2 rings (SSSR count). The molecule has 0 aliphatic rings. The smallest absolute Gasteiger partial charge is 0.310 e. The van der Waals surface area contributed by atoms with Gasteiger partial charge in [0, 0.05) is 17.5 Å². The molecule has 27 heavy (non-hydrogen) atoms. The Morgan fingerprint density at radius 2 is 1.74 bits per heavy atom. The second-order valence-corrected chi connectivity index (χ2v) is 5.49. The first-order chi connectivity index (χ1) is 13.0. The number of ether oxygens (including phenoxy) is 1. The number of hydrazone groups is 1. The minimum Gasteiger partial charge on any atom is -0.477 e. The van der Waals surface area contributed by atoms with E-state index in [0.29, 0.717) is 11.4 Å². The maximum absolute atomic E-state index is 11.9. The van der Waals surface area contributed by atoms with E-state index in [4.69, 9.17) is 4.74 Å². The van der Waals surface area contributed by atoms with Gasteiger partial charge in [0.05, 0.1) is 11.3 Å². The molecule has 0 bridgehead atoms. The number of benzene rings is 2. The van der Waals surface area contributed by atoms with Crippen LogP contribution in [0.5, 0.6) is 5.75 Å². The van der Waals surface area contributed by atoms with Crippen LogP contribution < -0.4 is 15.5 Å². The molecule has 2 aromatic carbocycles. The number of nitro groups is 1. The zero-order valence-corrected chi connectivity index (χ0v) is 14.5. The van der Waals surface area contributed by atoms with Gasteiger partial charge < -0.3 is 10.1 Å². The second-order valence-electron chi connectivity index (χ2n) is 5.49. The third-order valence-electron chi connectivity index (χ3n) is 3.27. The lowest BCUT2D eigenvalue weighted by Gasteiger charge is -2.07. The number of nitrogens with one attached hydrogen (secondary N) is 2. The highest BCUT2D eigenvalue weighted by Gasteiger charge is 2.14. The molecule has 2 amide bonds. The molecule has 9 heteroatoms. The number of nitrogens with zero attached hydrogens (tertiary/aromatic N) is 2. The Kier molecular flexibility index (Phi) is 7.00. The SMILES string of the molecule is C/C(CC(=O)Nc1ccccc1)=N\NC(=O)COc1ccccc1[N+](=O)[O-]. The maximum Gasteiger partial charge on any atom is 0.310 e. The fourth-order valence-corrected chi connectivity index (χ4v) is 2.06. The van der Waals surface area contributed by atoms with Gasteiger partial charge in [-0.3, -0.25) is 19.7 Å². The molecule has 0 aromatic heterocycles. The van der Waals surface area contributed by atoms with Crippen LogP contribution in [0.25, 0.3) is 0 Å². The van der Waals surface area contributed by atoms with E-state index < -0.39 is 17.4 Å². The number of rotatable bonds is 8. The van der Waals surface area contributed by atoms with Gasteiger partial charge in [0.15, 0.2) is 12.4 Å². The number of carbonyl (C=O) groups is 2. The van der Waals surface area contributed by atoms with Crippen LogP contribution in [0.4, 0.5) is 11.4 Å². The van der Waals surface area contributed by atoms with Crippen LogP contribution in [0.15, 0.2) is 59.7 Å². The summed E-state index contributed by atoms with van der Waals surface area (Å²) in [4.78, 5) is 33.9. The molecule has 2 N–H and O–H groups in total. The molecule has 0 spiro atoms. The van der Waals surface area contributed by atoms with Gasteiger partial charge in [-0.1, -0.05) is 30.3 Å². The number of para-hydroxylation sites is 3. The van der Waals surface area contributed by atoms with E-state index in [0.717, 1.165) is 0 Å². The topological polar surface area (TPSA) is 123 Å². The summed E-state index contributed by atoms with van der Waals surface area (Å²) >= 11 is 0. The van der Waals surface area contributed by atoms with E-state index in [2.05, 4.69) is 15.8 Å². The summed E-state index contributed by atoms with van der Waals surface area (Å²) in [5.74, 6) is -0.885. The van der Waals surface area contributed by atoms with Crippen molar-refractivity contribution < 1.29 is 19.2 Å². The van der Waals surface area contributed by atoms with E-state index in [-0.39, 0.29) is 23.8 Å². The molecule has 0 aliphatic carbocycles. The fraction of sp³-hybridized carbons (Fsp3) is 0.167. The number of anilines is 1. The largest absolute Gasteiger partial charge is 0.477 e. The third kappa shape index (κ3) is 6.58. The number of amides is 2. The number of hydrogen-bond acceptors (Lipinski definition) is 6. The molecule has 140 valence electrons. The molecule has 9 nitrogen and oxygen atoms in total. The fourth-order valence-electron chi connectivity index (χ4n) is 2.06. The van der Waals surface area contributed by atoms with E-state index >= 15 is 0 Å². The van der Waals surface area contributed by atoms with Crippen molar-refractivity contribution in [1.29, 1.82) is 0 Å². The van der Waals surface area contributed by atoms with Gasteiger partial charge in [0.25, 0.3) is 5.91 Å². The molecule has 0 saturated carbocycles. The third-order valence-corrected chi connectivity index (χ3v) is 3.27. The normalized spacial score (nSPS) is 10.8. The molecule has 0 unspecified atom stereocenters. The predicted molar refractivity (Wildman–Crippen MR) is 99.5 cm³/mol. The van der Waals surface area contributed by atoms with Crippen molar-refractivity contribution in [3.05, 3.63) is 64.7 Å². The van der Waals surface area contributed by atoms with Crippen LogP contribution in [0.3, 0.4) is 0 Å². The quantitative estimate of drug-likeness (QED) is 0.420. The molecule has 0 fully saturated rings. The predicted octanol–water partition coefficient (Wildman–Crippen LogP) is 2.49. The number of carbonyl (C=O) groups excluding carboxylic acids is 2. The van der Waals surface area contributed by atoms with Gasteiger partial charge in [-0.25, -0.2) is 5.43 Å². The first kappa shape index (κ1) is 19.6. The molecule has 0 atom stereocenters. The highest BCUT2D eigenvalue weighted by Crippen LogP contribution is 2.25. The minimum atomic E-state index is -0.601. The molecule has 0 saturated heterocycles. The van der Waals surface area contributed by atoms with Gasteiger partial charge in [-0.05, 0) is 25.1 Å². The standard InChI is InChI=1S/C18H18N4O5/c1-13(11-17(23)19-14-7-3-2-4-8-14)20-21-18(24)12-27-16-10-6-5-9-15(16)22(25)26/h2-10H,11-12H2,1H3,(H,19,23)(H,21,24)/b20-13+. The van der Waals surface area contributed by atoms with E-state index in [1.54, 1.807) is 37.3 Å². The average Bonchev–Trinajstić information content (AvgIpc) is 2.65. The van der Waals surface area contributed by atoms with Crippen molar-refractivity contribution in [3.8, 4) is 5.75 Å². The Balaban J connectivity index is 1.80. The Morgan fingerprint density at radius 3 is 2.44 bits per heavy atom. The maximum atomic E-state index is 11.9. The summed E-state index contributed by atoms with van der Waals surface area (Å²) in [6.07, 6.45) is 0.000187. The lowest BCUT2D eigenvalue weighted by Crippen LogP contribution is -2.26. The lowest BCUT2D eigenvalue weighted by molar-refractivity contribution is -0.385. The van der Waals surface area contributed by atoms with Crippen LogP contribution in [0.1, 0.15) is 13.3 Å². The van der Waals surface area contributed by atoms with Crippen molar-refractivity contribution in [2.24, 2.45) is 5.10 Å². The monoisotopic (exact) mass is 370 g/mol. The molecule has 0 heterocycles. The van der Waals surface area contributed by atoms with Gasteiger partial charge >= 0.3 is 5.69 Å². The first-order valence-electron chi connectivity index (χ1n) is 7.99. The molecule has 0 radical (unpaired) electrons. The van der Waals surface area contributed by atoms with Crippen molar-refractivity contribution >= 4 is 28.9 Å². The first-order valence-corrected chi connectivity index (χ1v) is 7.99. The van der Waals surface area contributed by atoms with Gasteiger partial charge in [-0.2, -0.15) is 5.10 Å². The van der Waals surface area contributed by atoms with E-state index in [1.165, 1.54) is 18.2 Å². The summed E-state index contributed by atoms with van der Waals surface area (Å²) in [6, 6.07) is 14.7. The van der Waals surface area contributed by atoms with Crippen LogP contribution in [-0.2, 0) is 9.59 Å². The highest BCUT2D eigenvalue weighted by atomic mass is 16.6. The van der Waals surface area contributed by atoms with Crippen molar-refractivity contribution in [2.75, 3.05) is 11.9 Å². The summed E-state index contributed by atoms with van der Waals surface area (Å²) in [5, 5.41) is 17.4. The Morgan fingerprint density at radius 1 is 1.07 bits per heavy atom. The van der Waals surface area contributed by atoms with Crippen LogP contribution in [0, 0.1) is 10.1 Å². The van der Waals surface area contributed by atoms with Crippen LogP contribution in [-0.4, -0.2) is 29.1 Å². The van der Waals surface area contributed by atoms with Crippen LogP contribution in [0.2, 0.25) is 0 Å². The number of hydrogen-bond donors (Lipinski definition) is 2. The summed E-state index contributed by atoms with van der Waals surface area (Å²) in [6.45, 7) is 1.14. The Hall–Kier alpha value is -3.75. The van der Waals surface area contributed by atoms with Gasteiger partial charge in [0.1, 0.15) is 0 Å². The zero-order chi connectivity index (χ0) is 19.6. The molecular weight excluding hydrogens is 352 g/mol. The minimum absolute atomic E-state index is 0.000187. The average molecular weight is 370 g/mol. The Bertz CT molecular complexity index is 852. The zero-order valence-electron chi connectivity index (χ0n) is 14.5. The molecular formula is C18H18N4O5. The summed E-state index contributed by atoms with van der Waals surface area (Å²) in [7, 11) is 0. The van der Waals surface area contributed by atoms with Gasteiger partial charge in [-0.15, -0.1) is 0 Å². The highest BCUT2D eigenvalue weighted by molar-refractivity contribution is 6.05. The van der Waals surface area contributed by atoms with Gasteiger partial charge in [0.2, 0.25) is 5.91 Å².